The highest BCUT2D eigenvalue weighted by Crippen LogP contribution is 2.47. The monoisotopic (exact) mass is 1040 g/mol. The van der Waals surface area contributed by atoms with Crippen LogP contribution in [0.15, 0.2) is 231 Å². The first-order chi connectivity index (χ1) is 38.7. The van der Waals surface area contributed by atoms with Crippen LogP contribution in [0.1, 0.15) is 108 Å². The first kappa shape index (κ1) is 52.1. The number of hydrogen-bond acceptors (Lipinski definition) is 3. The van der Waals surface area contributed by atoms with Gasteiger partial charge in [-0.3, -0.25) is 9.55 Å². The number of phenols is 1. The topological polar surface area (TPSA) is 50.9 Å². The smallest absolute Gasteiger partial charge is 0.149 e. The van der Waals surface area contributed by atoms with Crippen molar-refractivity contribution < 1.29 is 5.11 Å². The Bertz CT molecular complexity index is 3950. The van der Waals surface area contributed by atoms with Crippen LogP contribution in [-0.4, -0.2) is 19.6 Å². The third kappa shape index (κ3) is 10.1. The van der Waals surface area contributed by atoms with E-state index in [1.807, 2.05) is 6.20 Å². The van der Waals surface area contributed by atoms with Crippen LogP contribution in [0.2, 0.25) is 0 Å². The number of aromatic hydroxyl groups is 1. The van der Waals surface area contributed by atoms with Gasteiger partial charge in [-0.2, -0.15) is 0 Å². The quantitative estimate of drug-likeness (QED) is 0.124. The second-order valence-corrected chi connectivity index (χ2v) is 24.5. The molecule has 0 aliphatic heterocycles. The largest absolute Gasteiger partial charge is 0.507 e. The molecule has 1 aliphatic carbocycles. The summed E-state index contributed by atoms with van der Waals surface area (Å²) in [6, 6.07) is 81.4. The van der Waals surface area contributed by atoms with Crippen molar-refractivity contribution >= 4 is 11.0 Å². The van der Waals surface area contributed by atoms with Gasteiger partial charge in [-0.15, -0.1) is 0 Å². The molecule has 9 aromatic carbocycles. The Kier molecular flexibility index (Phi) is 13.8. The molecule has 1 N–H and O–H groups in total. The lowest BCUT2D eigenvalue weighted by Gasteiger charge is -2.32. The zero-order valence-electron chi connectivity index (χ0n) is 47.3. The molecule has 1 aliphatic rings. The van der Waals surface area contributed by atoms with E-state index in [9.17, 15) is 5.11 Å². The van der Waals surface area contributed by atoms with Gasteiger partial charge >= 0.3 is 0 Å². The van der Waals surface area contributed by atoms with E-state index in [1.54, 1.807) is 0 Å². The van der Waals surface area contributed by atoms with Crippen molar-refractivity contribution in [2.45, 2.75) is 96.8 Å². The fraction of sp³-hybridized carbons (Fsp3) is 0.211. The molecular formula is C76H71N3O. The molecule has 4 heteroatoms. The normalized spacial score (nSPS) is 13.3. The predicted molar refractivity (Wildman–Crippen MR) is 335 cm³/mol. The summed E-state index contributed by atoms with van der Waals surface area (Å²) in [7, 11) is 0. The van der Waals surface area contributed by atoms with Gasteiger partial charge in [0, 0.05) is 33.9 Å². The minimum absolute atomic E-state index is 0.198. The summed E-state index contributed by atoms with van der Waals surface area (Å²) in [6.45, 7) is 15.6. The van der Waals surface area contributed by atoms with E-state index < -0.39 is 0 Å². The highest BCUT2D eigenvalue weighted by molar-refractivity contribution is 5.98. The molecule has 0 unspecified atom stereocenters. The number of rotatable bonds is 12. The van der Waals surface area contributed by atoms with Crippen molar-refractivity contribution in [3.05, 3.63) is 264 Å². The Balaban J connectivity index is 1.04. The molecule has 4 nitrogen and oxygen atoms in total. The SMILES string of the molecule is CC(C)(C)c1cc(-c2nc3c(-c4cc(-c5ccccc5)cc(-c5cc(-c6ccc(C(C)(c7ccccc7)c7ccccc7)cc6)ccn5)c4)cccc3n2-c2ccc(CC3CCCC3)cc2-c2ccccc2)c(O)c(C(C)(C)C)c1. The van der Waals surface area contributed by atoms with Gasteiger partial charge in [-0.05, 0) is 146 Å². The fourth-order valence-corrected chi connectivity index (χ4v) is 12.4. The van der Waals surface area contributed by atoms with Crippen molar-refractivity contribution in [1.29, 1.82) is 0 Å². The standard InChI is InChI=1S/C76H71N3O/c1-74(2,3)63-49-66(72(80)67(50-63)75(4,5)6)73-78-71-64(33-22-34-70(71)79(73)69-40-35-52(43-51-23-20-21-24-51)44-65(69)55-27-14-9-15-28-55)58-45-57(53-25-12-8-13-26-53)46-59(47-58)68-48-56(41-42-77-68)54-36-38-62(39-37-54)76(7,60-29-16-10-17-30-60)61-31-18-11-19-32-61/h8-19,22,25-42,44-51,80H,20-21,23-24,43H2,1-7H3. The number of pyridine rings is 1. The van der Waals surface area contributed by atoms with E-state index in [0.29, 0.717) is 11.7 Å². The third-order valence-corrected chi connectivity index (χ3v) is 17.0. The molecule has 0 saturated heterocycles. The van der Waals surface area contributed by atoms with Crippen LogP contribution in [0, 0.1) is 5.92 Å². The first-order valence-corrected chi connectivity index (χ1v) is 28.7. The minimum Gasteiger partial charge on any atom is -0.507 e. The van der Waals surface area contributed by atoms with Crippen LogP contribution in [0.25, 0.3) is 83.9 Å². The van der Waals surface area contributed by atoms with Crippen molar-refractivity contribution in [3.8, 4) is 78.6 Å². The summed E-state index contributed by atoms with van der Waals surface area (Å²) in [6.07, 6.45) is 8.20. The Morgan fingerprint density at radius 3 is 1.68 bits per heavy atom. The van der Waals surface area contributed by atoms with Crippen LogP contribution in [0.4, 0.5) is 0 Å². The summed E-state index contributed by atoms with van der Waals surface area (Å²) in [5, 5.41) is 12.8. The molecule has 0 radical (unpaired) electrons. The molecule has 2 aromatic heterocycles. The molecule has 0 spiro atoms. The van der Waals surface area contributed by atoms with Gasteiger partial charge in [0.05, 0.1) is 28.0 Å². The zero-order chi connectivity index (χ0) is 55.2. The summed E-state index contributed by atoms with van der Waals surface area (Å²) in [4.78, 5) is 10.9. The van der Waals surface area contributed by atoms with E-state index in [0.717, 1.165) is 95.6 Å². The highest BCUT2D eigenvalue weighted by Gasteiger charge is 2.32. The lowest BCUT2D eigenvalue weighted by molar-refractivity contribution is 0.446. The minimum atomic E-state index is -0.339. The van der Waals surface area contributed by atoms with Gasteiger partial charge in [0.15, 0.2) is 0 Å². The number of imidazole rings is 1. The second-order valence-electron chi connectivity index (χ2n) is 24.5. The van der Waals surface area contributed by atoms with Crippen molar-refractivity contribution in [2.75, 3.05) is 0 Å². The molecule has 80 heavy (non-hydrogen) atoms. The fourth-order valence-electron chi connectivity index (χ4n) is 12.4. The average Bonchev–Trinajstić information content (AvgIpc) is 4.28. The van der Waals surface area contributed by atoms with E-state index in [4.69, 9.17) is 9.97 Å². The zero-order valence-corrected chi connectivity index (χ0v) is 47.3. The maximum atomic E-state index is 12.8. The molecule has 0 atom stereocenters. The summed E-state index contributed by atoms with van der Waals surface area (Å²) in [5.41, 5.74) is 20.4. The molecular weight excluding hydrogens is 971 g/mol. The van der Waals surface area contributed by atoms with Crippen LogP contribution in [0.3, 0.4) is 0 Å². The third-order valence-electron chi connectivity index (χ3n) is 17.0. The highest BCUT2D eigenvalue weighted by atomic mass is 16.3. The molecule has 1 fully saturated rings. The van der Waals surface area contributed by atoms with E-state index in [2.05, 4.69) is 277 Å². The van der Waals surface area contributed by atoms with Crippen molar-refractivity contribution in [2.24, 2.45) is 5.92 Å². The number of phenolic OH excluding ortho intramolecular Hbond substituents is 1. The Morgan fingerprint density at radius 2 is 1.04 bits per heavy atom. The van der Waals surface area contributed by atoms with Crippen LogP contribution < -0.4 is 0 Å². The maximum Gasteiger partial charge on any atom is 0.149 e. The lowest BCUT2D eigenvalue weighted by Crippen LogP contribution is -2.25. The van der Waals surface area contributed by atoms with Gasteiger partial charge in [0.2, 0.25) is 0 Å². The summed E-state index contributed by atoms with van der Waals surface area (Å²) in [5.74, 6) is 1.67. The Hall–Kier alpha value is -8.60. The molecule has 0 amide bonds. The second kappa shape index (κ2) is 21.2. The van der Waals surface area contributed by atoms with Gasteiger partial charge in [-0.25, -0.2) is 4.98 Å². The Morgan fingerprint density at radius 1 is 0.450 bits per heavy atom. The van der Waals surface area contributed by atoms with Gasteiger partial charge in [0.1, 0.15) is 11.6 Å². The number of aromatic nitrogens is 3. The van der Waals surface area contributed by atoms with E-state index >= 15 is 0 Å². The summed E-state index contributed by atoms with van der Waals surface area (Å²) < 4.78 is 2.33. The number of nitrogens with zero attached hydrogens (tertiary/aromatic N) is 3. The van der Waals surface area contributed by atoms with Gasteiger partial charge < -0.3 is 5.11 Å². The number of hydrogen-bond donors (Lipinski definition) is 1. The molecule has 2 heterocycles. The molecule has 396 valence electrons. The number of fused-ring (bicyclic) bond motifs is 1. The average molecular weight is 1040 g/mol. The number of para-hydroxylation sites is 1. The van der Waals surface area contributed by atoms with E-state index in [1.165, 1.54) is 47.9 Å². The molecule has 0 bridgehead atoms. The van der Waals surface area contributed by atoms with Crippen LogP contribution in [0.5, 0.6) is 5.75 Å². The van der Waals surface area contributed by atoms with Crippen LogP contribution in [-0.2, 0) is 22.7 Å². The maximum absolute atomic E-state index is 12.8. The molecule has 11 aromatic rings. The molecule has 12 rings (SSSR count). The van der Waals surface area contributed by atoms with Crippen molar-refractivity contribution in [1.82, 2.24) is 14.5 Å². The predicted octanol–water partition coefficient (Wildman–Crippen LogP) is 19.8. The number of benzene rings is 9. The Labute approximate surface area is 473 Å². The van der Waals surface area contributed by atoms with Crippen molar-refractivity contribution in [3.63, 3.8) is 0 Å². The lowest BCUT2D eigenvalue weighted by atomic mass is 9.71. The van der Waals surface area contributed by atoms with Gasteiger partial charge in [0.25, 0.3) is 0 Å². The van der Waals surface area contributed by atoms with Gasteiger partial charge in [-0.1, -0.05) is 237 Å². The van der Waals surface area contributed by atoms with Crippen LogP contribution >= 0.6 is 0 Å². The summed E-state index contributed by atoms with van der Waals surface area (Å²) >= 11 is 0. The molecule has 1 saturated carbocycles. The first-order valence-electron chi connectivity index (χ1n) is 28.7. The van der Waals surface area contributed by atoms with E-state index in [-0.39, 0.29) is 22.0 Å².